The van der Waals surface area contributed by atoms with E-state index in [2.05, 4.69) is 23.4 Å². The van der Waals surface area contributed by atoms with Gasteiger partial charge in [-0.1, -0.05) is 6.07 Å². The molecule has 1 heterocycles. The second kappa shape index (κ2) is 5.26. The lowest BCUT2D eigenvalue weighted by atomic mass is 10.0. The molecule has 0 radical (unpaired) electrons. The molecule has 1 aromatic rings. The Balaban J connectivity index is 1.69. The van der Waals surface area contributed by atoms with E-state index in [1.807, 2.05) is 18.5 Å². The van der Waals surface area contributed by atoms with Gasteiger partial charge in [0.15, 0.2) is 0 Å². The molecule has 0 spiro atoms. The number of hydrogen-bond acceptors (Lipinski definition) is 2. The van der Waals surface area contributed by atoms with E-state index in [1.165, 1.54) is 37.7 Å². The minimum absolute atomic E-state index is 0.752. The molecule has 15 heavy (non-hydrogen) atoms. The molecule has 0 aliphatic heterocycles. The minimum Gasteiger partial charge on any atom is -0.317 e. The Morgan fingerprint density at radius 1 is 1.53 bits per heavy atom. The third-order valence-corrected chi connectivity index (χ3v) is 3.27. The van der Waals surface area contributed by atoms with Crippen molar-refractivity contribution in [2.75, 3.05) is 7.05 Å². The molecule has 0 amide bonds. The lowest BCUT2D eigenvalue weighted by Crippen LogP contribution is -2.27. The van der Waals surface area contributed by atoms with E-state index >= 15 is 0 Å². The molecule has 1 fully saturated rings. The zero-order chi connectivity index (χ0) is 10.5. The van der Waals surface area contributed by atoms with Crippen molar-refractivity contribution in [3.05, 3.63) is 30.1 Å². The number of pyridine rings is 1. The van der Waals surface area contributed by atoms with Gasteiger partial charge in [0.25, 0.3) is 0 Å². The van der Waals surface area contributed by atoms with Crippen LogP contribution in [0.3, 0.4) is 0 Å². The Morgan fingerprint density at radius 3 is 3.00 bits per heavy atom. The number of nitrogens with zero attached hydrogens (tertiary/aromatic N) is 1. The van der Waals surface area contributed by atoms with Gasteiger partial charge in [0.1, 0.15) is 0 Å². The third-order valence-electron chi connectivity index (χ3n) is 3.27. The van der Waals surface area contributed by atoms with Gasteiger partial charge in [0.05, 0.1) is 0 Å². The van der Waals surface area contributed by atoms with Gasteiger partial charge >= 0.3 is 0 Å². The number of rotatable bonds is 6. The van der Waals surface area contributed by atoms with E-state index in [0.717, 1.165) is 12.0 Å². The Hall–Kier alpha value is -0.890. The molecular formula is C13H20N2. The van der Waals surface area contributed by atoms with Gasteiger partial charge in [-0.2, -0.15) is 0 Å². The van der Waals surface area contributed by atoms with Crippen LogP contribution >= 0.6 is 0 Å². The van der Waals surface area contributed by atoms with Crippen LogP contribution in [0, 0.1) is 5.92 Å². The summed E-state index contributed by atoms with van der Waals surface area (Å²) >= 11 is 0. The van der Waals surface area contributed by atoms with Crippen LogP contribution in [0.4, 0.5) is 0 Å². The Morgan fingerprint density at radius 2 is 2.40 bits per heavy atom. The first-order chi connectivity index (χ1) is 7.40. The summed E-state index contributed by atoms with van der Waals surface area (Å²) in [5.74, 6) is 0.962. The van der Waals surface area contributed by atoms with Crippen molar-refractivity contribution in [2.45, 2.75) is 38.1 Å². The Labute approximate surface area is 92.1 Å². The summed E-state index contributed by atoms with van der Waals surface area (Å²) in [7, 11) is 2.09. The van der Waals surface area contributed by atoms with Gasteiger partial charge < -0.3 is 5.32 Å². The predicted octanol–water partition coefficient (Wildman–Crippen LogP) is 2.40. The summed E-state index contributed by atoms with van der Waals surface area (Å²) in [6, 6.07) is 4.94. The van der Waals surface area contributed by atoms with Crippen molar-refractivity contribution >= 4 is 0 Å². The molecule has 2 heteroatoms. The van der Waals surface area contributed by atoms with Crippen LogP contribution in [0.25, 0.3) is 0 Å². The first-order valence-electron chi connectivity index (χ1n) is 5.96. The minimum atomic E-state index is 0.752. The maximum Gasteiger partial charge on any atom is 0.0299 e. The van der Waals surface area contributed by atoms with E-state index in [0.29, 0.717) is 0 Å². The Kier molecular flexibility index (Phi) is 3.73. The molecule has 82 valence electrons. The van der Waals surface area contributed by atoms with E-state index < -0.39 is 0 Å². The van der Waals surface area contributed by atoms with Gasteiger partial charge in [-0.15, -0.1) is 0 Å². The molecule has 0 bridgehead atoms. The second-order valence-corrected chi connectivity index (χ2v) is 4.49. The monoisotopic (exact) mass is 204 g/mol. The van der Waals surface area contributed by atoms with Crippen molar-refractivity contribution in [1.29, 1.82) is 0 Å². The largest absolute Gasteiger partial charge is 0.317 e. The zero-order valence-electron chi connectivity index (χ0n) is 9.45. The van der Waals surface area contributed by atoms with Crippen LogP contribution in [0.1, 0.15) is 31.2 Å². The Bertz CT molecular complexity index is 280. The molecule has 1 aromatic heterocycles. The summed E-state index contributed by atoms with van der Waals surface area (Å²) in [4.78, 5) is 4.13. The fourth-order valence-corrected chi connectivity index (χ4v) is 2.19. The fourth-order valence-electron chi connectivity index (χ4n) is 2.19. The molecule has 1 aliphatic rings. The van der Waals surface area contributed by atoms with Crippen molar-refractivity contribution < 1.29 is 0 Å². The summed E-state index contributed by atoms with van der Waals surface area (Å²) < 4.78 is 0. The van der Waals surface area contributed by atoms with Crippen LogP contribution in [0.5, 0.6) is 0 Å². The highest BCUT2D eigenvalue weighted by atomic mass is 14.9. The maximum atomic E-state index is 4.13. The highest BCUT2D eigenvalue weighted by Crippen LogP contribution is 2.34. The van der Waals surface area contributed by atoms with Crippen LogP contribution in [-0.4, -0.2) is 18.1 Å². The predicted molar refractivity (Wildman–Crippen MR) is 62.7 cm³/mol. The maximum absolute atomic E-state index is 4.13. The SMILES string of the molecule is CNC(CCCc1cccnc1)C1CC1. The lowest BCUT2D eigenvalue weighted by Gasteiger charge is -2.14. The molecule has 0 aromatic carbocycles. The molecule has 2 rings (SSSR count). The number of nitrogens with one attached hydrogen (secondary N) is 1. The van der Waals surface area contributed by atoms with Crippen molar-refractivity contribution in [2.24, 2.45) is 5.92 Å². The summed E-state index contributed by atoms with van der Waals surface area (Å²) in [6.07, 6.45) is 10.4. The van der Waals surface area contributed by atoms with E-state index in [4.69, 9.17) is 0 Å². The second-order valence-electron chi connectivity index (χ2n) is 4.49. The summed E-state index contributed by atoms with van der Waals surface area (Å²) in [6.45, 7) is 0. The van der Waals surface area contributed by atoms with Gasteiger partial charge in [0, 0.05) is 18.4 Å². The third kappa shape index (κ3) is 3.31. The lowest BCUT2D eigenvalue weighted by molar-refractivity contribution is 0.456. The first-order valence-corrected chi connectivity index (χ1v) is 5.96. The van der Waals surface area contributed by atoms with Crippen LogP contribution in [-0.2, 0) is 6.42 Å². The topological polar surface area (TPSA) is 24.9 Å². The average Bonchev–Trinajstić information content (AvgIpc) is 3.10. The molecule has 0 saturated heterocycles. The molecule has 1 atom stereocenters. The molecule has 1 saturated carbocycles. The smallest absolute Gasteiger partial charge is 0.0299 e. The zero-order valence-corrected chi connectivity index (χ0v) is 9.45. The standard InChI is InChI=1S/C13H20N2/c1-14-13(12-7-8-12)6-2-4-11-5-3-9-15-10-11/h3,5,9-10,12-14H,2,4,6-8H2,1H3. The summed E-state index contributed by atoms with van der Waals surface area (Å²) in [5.41, 5.74) is 1.36. The highest BCUT2D eigenvalue weighted by molar-refractivity contribution is 5.08. The number of hydrogen-bond donors (Lipinski definition) is 1. The van der Waals surface area contributed by atoms with E-state index in [-0.39, 0.29) is 0 Å². The molecule has 2 nitrogen and oxygen atoms in total. The number of aryl methyl sites for hydroxylation is 1. The first kappa shape index (κ1) is 10.6. The quantitative estimate of drug-likeness (QED) is 0.769. The van der Waals surface area contributed by atoms with E-state index in [9.17, 15) is 0 Å². The van der Waals surface area contributed by atoms with Crippen LogP contribution in [0.2, 0.25) is 0 Å². The normalized spacial score (nSPS) is 17.7. The van der Waals surface area contributed by atoms with Gasteiger partial charge in [-0.25, -0.2) is 0 Å². The van der Waals surface area contributed by atoms with E-state index in [1.54, 1.807) is 0 Å². The molecule has 1 unspecified atom stereocenters. The van der Waals surface area contributed by atoms with Crippen molar-refractivity contribution in [3.8, 4) is 0 Å². The molecule has 1 N–H and O–H groups in total. The number of aromatic nitrogens is 1. The van der Waals surface area contributed by atoms with Gasteiger partial charge in [0.2, 0.25) is 0 Å². The molecule has 1 aliphatic carbocycles. The molecular weight excluding hydrogens is 184 g/mol. The highest BCUT2D eigenvalue weighted by Gasteiger charge is 2.29. The van der Waals surface area contributed by atoms with Gasteiger partial charge in [-0.05, 0) is 56.7 Å². The van der Waals surface area contributed by atoms with Crippen molar-refractivity contribution in [1.82, 2.24) is 10.3 Å². The van der Waals surface area contributed by atoms with Crippen LogP contribution in [0.15, 0.2) is 24.5 Å². The fraction of sp³-hybridized carbons (Fsp3) is 0.615. The summed E-state index contributed by atoms with van der Waals surface area (Å²) in [5, 5.41) is 3.43. The van der Waals surface area contributed by atoms with Crippen molar-refractivity contribution in [3.63, 3.8) is 0 Å². The van der Waals surface area contributed by atoms with Gasteiger partial charge in [-0.3, -0.25) is 4.98 Å². The average molecular weight is 204 g/mol. The van der Waals surface area contributed by atoms with Crippen LogP contribution < -0.4 is 5.32 Å².